The Morgan fingerprint density at radius 2 is 1.82 bits per heavy atom. The van der Waals surface area contributed by atoms with Crippen LogP contribution in [0.4, 0.5) is 0 Å². The van der Waals surface area contributed by atoms with Crippen molar-refractivity contribution in [2.75, 3.05) is 0 Å². The van der Waals surface area contributed by atoms with Crippen LogP contribution in [0.15, 0.2) is 60.1 Å². The number of amides is 1. The number of rotatable bonds is 4. The van der Waals surface area contributed by atoms with E-state index in [1.807, 2.05) is 48.5 Å². The van der Waals surface area contributed by atoms with Crippen LogP contribution in [0, 0.1) is 0 Å². The lowest BCUT2D eigenvalue weighted by molar-refractivity contribution is 0.0947. The van der Waals surface area contributed by atoms with Crippen molar-refractivity contribution in [1.29, 1.82) is 0 Å². The maximum atomic E-state index is 12.4. The maximum absolute atomic E-state index is 12.4. The second-order valence-corrected chi connectivity index (χ2v) is 5.93. The highest BCUT2D eigenvalue weighted by molar-refractivity contribution is 7.13. The van der Waals surface area contributed by atoms with Gasteiger partial charge in [-0.2, -0.15) is 0 Å². The molecule has 1 aromatic heterocycles. The van der Waals surface area contributed by atoms with Crippen LogP contribution in [0.25, 0.3) is 10.4 Å². The molecule has 110 valence electrons. The first kappa shape index (κ1) is 14.8. The number of halogens is 1. The van der Waals surface area contributed by atoms with Crippen LogP contribution in [0.1, 0.15) is 16.1 Å². The van der Waals surface area contributed by atoms with E-state index >= 15 is 0 Å². The summed E-state index contributed by atoms with van der Waals surface area (Å²) in [6.07, 6.45) is 0. The molecular weight excluding hydrogens is 316 g/mol. The molecule has 0 atom stereocenters. The lowest BCUT2D eigenvalue weighted by Gasteiger charge is -2.07. The number of hydrogen-bond donors (Lipinski definition) is 1. The summed E-state index contributed by atoms with van der Waals surface area (Å²) in [5, 5.41) is 3.52. The van der Waals surface area contributed by atoms with Gasteiger partial charge in [-0.3, -0.25) is 4.79 Å². The molecule has 3 aromatic rings. The summed E-state index contributed by atoms with van der Waals surface area (Å²) < 4.78 is 0. The molecule has 5 heteroatoms. The van der Waals surface area contributed by atoms with Crippen LogP contribution in [0.5, 0.6) is 0 Å². The van der Waals surface area contributed by atoms with E-state index in [9.17, 15) is 4.79 Å². The number of hydrogen-bond acceptors (Lipinski definition) is 3. The molecule has 0 saturated heterocycles. The number of nitrogens with one attached hydrogen (secondary N) is 1. The SMILES string of the molecule is O=C(NCc1ccccc1Cl)c1ncsc1-c1ccccc1. The summed E-state index contributed by atoms with van der Waals surface area (Å²) in [4.78, 5) is 17.4. The van der Waals surface area contributed by atoms with Gasteiger partial charge in [-0.15, -0.1) is 11.3 Å². The summed E-state index contributed by atoms with van der Waals surface area (Å²) >= 11 is 7.55. The van der Waals surface area contributed by atoms with Gasteiger partial charge >= 0.3 is 0 Å². The second-order valence-electron chi connectivity index (χ2n) is 4.67. The van der Waals surface area contributed by atoms with Crippen LogP contribution in [-0.2, 0) is 6.54 Å². The van der Waals surface area contributed by atoms with Crippen LogP contribution < -0.4 is 5.32 Å². The Hall–Kier alpha value is -2.17. The van der Waals surface area contributed by atoms with Crippen molar-refractivity contribution < 1.29 is 4.79 Å². The number of carbonyl (C=O) groups excluding carboxylic acids is 1. The van der Waals surface area contributed by atoms with E-state index in [0.717, 1.165) is 16.0 Å². The smallest absolute Gasteiger partial charge is 0.271 e. The Balaban J connectivity index is 1.77. The fourth-order valence-corrected chi connectivity index (χ4v) is 3.10. The first-order chi connectivity index (χ1) is 10.8. The minimum absolute atomic E-state index is 0.194. The van der Waals surface area contributed by atoms with Crippen molar-refractivity contribution in [1.82, 2.24) is 10.3 Å². The van der Waals surface area contributed by atoms with Crippen molar-refractivity contribution in [3.05, 3.63) is 76.4 Å². The van der Waals surface area contributed by atoms with Gasteiger partial charge in [-0.1, -0.05) is 60.1 Å². The van der Waals surface area contributed by atoms with E-state index in [2.05, 4.69) is 10.3 Å². The second kappa shape index (κ2) is 6.73. The zero-order chi connectivity index (χ0) is 15.4. The monoisotopic (exact) mass is 328 g/mol. The molecule has 0 spiro atoms. The lowest BCUT2D eigenvalue weighted by Crippen LogP contribution is -2.23. The highest BCUT2D eigenvalue weighted by Gasteiger charge is 2.16. The Morgan fingerprint density at radius 1 is 1.09 bits per heavy atom. The summed E-state index contributed by atoms with van der Waals surface area (Å²) in [7, 11) is 0. The van der Waals surface area contributed by atoms with Crippen LogP contribution >= 0.6 is 22.9 Å². The Labute approximate surface area is 137 Å². The largest absolute Gasteiger partial charge is 0.347 e. The minimum Gasteiger partial charge on any atom is -0.347 e. The molecule has 22 heavy (non-hydrogen) atoms. The molecule has 0 saturated carbocycles. The molecule has 1 amide bonds. The van der Waals surface area contributed by atoms with Gasteiger partial charge in [-0.25, -0.2) is 4.98 Å². The number of thiazole rings is 1. The van der Waals surface area contributed by atoms with Crippen molar-refractivity contribution in [3.8, 4) is 10.4 Å². The fraction of sp³-hybridized carbons (Fsp3) is 0.0588. The summed E-state index contributed by atoms with van der Waals surface area (Å²) in [6.45, 7) is 0.379. The van der Waals surface area contributed by atoms with E-state index in [0.29, 0.717) is 17.3 Å². The van der Waals surface area contributed by atoms with Gasteiger partial charge in [0, 0.05) is 11.6 Å². The van der Waals surface area contributed by atoms with Gasteiger partial charge in [0.05, 0.1) is 10.4 Å². The summed E-state index contributed by atoms with van der Waals surface area (Å²) in [5.41, 5.74) is 4.01. The first-order valence-corrected chi connectivity index (χ1v) is 8.02. The predicted molar refractivity (Wildman–Crippen MR) is 90.2 cm³/mol. The van der Waals surface area contributed by atoms with E-state index in [4.69, 9.17) is 11.6 Å². The lowest BCUT2D eigenvalue weighted by atomic mass is 10.1. The van der Waals surface area contributed by atoms with Crippen LogP contribution in [0.2, 0.25) is 5.02 Å². The van der Waals surface area contributed by atoms with Gasteiger partial charge in [0.15, 0.2) is 0 Å². The predicted octanol–water partition coefficient (Wildman–Crippen LogP) is 4.39. The van der Waals surface area contributed by atoms with Gasteiger partial charge in [0.25, 0.3) is 5.91 Å². The van der Waals surface area contributed by atoms with E-state index in [1.54, 1.807) is 11.6 Å². The third-order valence-corrected chi connectivity index (χ3v) is 4.46. The standard InChI is InChI=1S/C17H13ClN2OS/c18-14-9-5-4-8-13(14)10-19-17(21)15-16(22-11-20-15)12-6-2-1-3-7-12/h1-9,11H,10H2,(H,19,21). The average Bonchev–Trinajstić information content (AvgIpc) is 3.04. The zero-order valence-electron chi connectivity index (χ0n) is 11.6. The van der Waals surface area contributed by atoms with Crippen molar-refractivity contribution in [2.24, 2.45) is 0 Å². The Bertz CT molecular complexity index is 786. The highest BCUT2D eigenvalue weighted by atomic mass is 35.5. The Morgan fingerprint density at radius 3 is 2.59 bits per heavy atom. The molecule has 0 aliphatic rings. The molecule has 0 fully saturated rings. The molecule has 1 N–H and O–H groups in total. The summed E-state index contributed by atoms with van der Waals surface area (Å²) in [6, 6.07) is 17.2. The highest BCUT2D eigenvalue weighted by Crippen LogP contribution is 2.27. The molecule has 3 nitrogen and oxygen atoms in total. The molecule has 0 aliphatic carbocycles. The number of carbonyl (C=O) groups is 1. The summed E-state index contributed by atoms with van der Waals surface area (Å²) in [5.74, 6) is -0.194. The van der Waals surface area contributed by atoms with Crippen molar-refractivity contribution >= 4 is 28.8 Å². The quantitative estimate of drug-likeness (QED) is 0.771. The van der Waals surface area contributed by atoms with Crippen molar-refractivity contribution in [2.45, 2.75) is 6.54 Å². The Kier molecular flexibility index (Phi) is 4.51. The topological polar surface area (TPSA) is 42.0 Å². The van der Waals surface area contributed by atoms with E-state index in [-0.39, 0.29) is 5.91 Å². The maximum Gasteiger partial charge on any atom is 0.271 e. The third-order valence-electron chi connectivity index (χ3n) is 3.22. The first-order valence-electron chi connectivity index (χ1n) is 6.76. The van der Waals surface area contributed by atoms with Gasteiger partial charge in [-0.05, 0) is 17.2 Å². The number of benzene rings is 2. The molecule has 0 bridgehead atoms. The molecule has 0 aliphatic heterocycles. The fourth-order valence-electron chi connectivity index (χ4n) is 2.10. The average molecular weight is 329 g/mol. The molecule has 2 aromatic carbocycles. The molecule has 1 heterocycles. The van der Waals surface area contributed by atoms with Crippen molar-refractivity contribution in [3.63, 3.8) is 0 Å². The van der Waals surface area contributed by atoms with E-state index in [1.165, 1.54) is 11.3 Å². The molecular formula is C17H13ClN2OS. The molecule has 0 radical (unpaired) electrons. The number of aromatic nitrogens is 1. The van der Waals surface area contributed by atoms with Gasteiger partial charge < -0.3 is 5.32 Å². The van der Waals surface area contributed by atoms with Crippen LogP contribution in [-0.4, -0.2) is 10.9 Å². The van der Waals surface area contributed by atoms with Gasteiger partial charge in [0.1, 0.15) is 5.69 Å². The number of nitrogens with zero attached hydrogens (tertiary/aromatic N) is 1. The third kappa shape index (κ3) is 3.18. The molecule has 0 unspecified atom stereocenters. The van der Waals surface area contributed by atoms with Crippen LogP contribution in [0.3, 0.4) is 0 Å². The zero-order valence-corrected chi connectivity index (χ0v) is 13.2. The molecule has 3 rings (SSSR count). The minimum atomic E-state index is -0.194. The normalized spacial score (nSPS) is 10.4. The van der Waals surface area contributed by atoms with E-state index < -0.39 is 0 Å². The van der Waals surface area contributed by atoms with Gasteiger partial charge in [0.2, 0.25) is 0 Å².